The van der Waals surface area contributed by atoms with Gasteiger partial charge in [-0.15, -0.1) is 0 Å². The minimum Gasteiger partial charge on any atom is -0.497 e. The number of ether oxygens (including phenoxy) is 1. The SMILES string of the molecule is COc1cccc(C(=O)CN2C(=O)C(C)Nc3ccccc32)c1. The Morgan fingerprint density at radius 3 is 2.78 bits per heavy atom. The highest BCUT2D eigenvalue weighted by Crippen LogP contribution is 2.31. The molecule has 0 aromatic heterocycles. The van der Waals surface area contributed by atoms with Gasteiger partial charge in [0.05, 0.1) is 25.0 Å². The molecule has 0 spiro atoms. The van der Waals surface area contributed by atoms with Gasteiger partial charge in [0.1, 0.15) is 11.8 Å². The summed E-state index contributed by atoms with van der Waals surface area (Å²) >= 11 is 0. The van der Waals surface area contributed by atoms with Crippen molar-refractivity contribution in [1.29, 1.82) is 0 Å². The molecule has 0 saturated carbocycles. The van der Waals surface area contributed by atoms with E-state index in [1.54, 1.807) is 38.3 Å². The molecule has 0 aliphatic carbocycles. The number of nitrogens with zero attached hydrogens (tertiary/aromatic N) is 1. The number of ketones is 1. The van der Waals surface area contributed by atoms with Crippen LogP contribution < -0.4 is 15.0 Å². The molecule has 0 bridgehead atoms. The number of hydrogen-bond acceptors (Lipinski definition) is 4. The van der Waals surface area contributed by atoms with E-state index in [1.165, 1.54) is 4.90 Å². The summed E-state index contributed by atoms with van der Waals surface area (Å²) in [6.45, 7) is 1.80. The van der Waals surface area contributed by atoms with E-state index < -0.39 is 0 Å². The predicted molar refractivity (Wildman–Crippen MR) is 89.2 cm³/mol. The molecule has 0 fully saturated rings. The lowest BCUT2D eigenvalue weighted by molar-refractivity contribution is -0.119. The van der Waals surface area contributed by atoms with E-state index in [2.05, 4.69) is 5.32 Å². The molecule has 23 heavy (non-hydrogen) atoms. The Morgan fingerprint density at radius 2 is 2.00 bits per heavy atom. The van der Waals surface area contributed by atoms with Crippen LogP contribution in [0.1, 0.15) is 17.3 Å². The highest BCUT2D eigenvalue weighted by molar-refractivity contribution is 6.10. The van der Waals surface area contributed by atoms with Gasteiger partial charge in [0.2, 0.25) is 5.91 Å². The average molecular weight is 310 g/mol. The molecule has 1 unspecified atom stereocenters. The van der Waals surface area contributed by atoms with Crippen molar-refractivity contribution in [1.82, 2.24) is 0 Å². The number of methoxy groups -OCH3 is 1. The summed E-state index contributed by atoms with van der Waals surface area (Å²) in [5.74, 6) is 0.386. The molecule has 1 N–H and O–H groups in total. The summed E-state index contributed by atoms with van der Waals surface area (Å²) in [4.78, 5) is 26.6. The van der Waals surface area contributed by atoms with E-state index in [1.807, 2.05) is 24.3 Å². The second-order valence-corrected chi connectivity index (χ2v) is 5.46. The van der Waals surface area contributed by atoms with Crippen molar-refractivity contribution in [3.05, 3.63) is 54.1 Å². The van der Waals surface area contributed by atoms with Gasteiger partial charge < -0.3 is 15.0 Å². The van der Waals surface area contributed by atoms with Crippen molar-refractivity contribution < 1.29 is 14.3 Å². The summed E-state index contributed by atoms with van der Waals surface area (Å²) in [7, 11) is 1.56. The van der Waals surface area contributed by atoms with Crippen LogP contribution in [0.5, 0.6) is 5.75 Å². The standard InChI is InChI=1S/C18H18N2O3/c1-12-18(22)20(16-9-4-3-8-15(16)19-12)11-17(21)13-6-5-7-14(10-13)23-2/h3-10,12,19H,11H2,1-2H3. The van der Waals surface area contributed by atoms with Gasteiger partial charge in [0.15, 0.2) is 5.78 Å². The van der Waals surface area contributed by atoms with Gasteiger partial charge in [-0.2, -0.15) is 0 Å². The number of amides is 1. The number of anilines is 2. The highest BCUT2D eigenvalue weighted by atomic mass is 16.5. The van der Waals surface area contributed by atoms with Crippen molar-refractivity contribution in [3.63, 3.8) is 0 Å². The lowest BCUT2D eigenvalue weighted by Gasteiger charge is -2.33. The number of Topliss-reactive ketones (excluding diaryl/α,β-unsaturated/α-hetero) is 1. The number of rotatable bonds is 4. The molecule has 0 radical (unpaired) electrons. The normalized spacial score (nSPS) is 16.5. The number of fused-ring (bicyclic) bond motifs is 1. The van der Waals surface area contributed by atoms with Crippen LogP contribution in [-0.2, 0) is 4.79 Å². The van der Waals surface area contributed by atoms with Gasteiger partial charge in [-0.25, -0.2) is 0 Å². The maximum atomic E-state index is 12.6. The smallest absolute Gasteiger partial charge is 0.249 e. The van der Waals surface area contributed by atoms with Gasteiger partial charge in [0.25, 0.3) is 0 Å². The topological polar surface area (TPSA) is 58.6 Å². The molecule has 5 heteroatoms. The number of carbonyl (C=O) groups is 2. The molecule has 5 nitrogen and oxygen atoms in total. The molecular formula is C18H18N2O3. The molecular weight excluding hydrogens is 292 g/mol. The summed E-state index contributed by atoms with van der Waals surface area (Å²) in [5.41, 5.74) is 2.12. The first kappa shape index (κ1) is 15.1. The highest BCUT2D eigenvalue weighted by Gasteiger charge is 2.30. The quantitative estimate of drug-likeness (QED) is 0.882. The number of para-hydroxylation sites is 2. The molecule has 1 heterocycles. The lowest BCUT2D eigenvalue weighted by Crippen LogP contribution is -2.47. The van der Waals surface area contributed by atoms with Gasteiger partial charge >= 0.3 is 0 Å². The fraction of sp³-hybridized carbons (Fsp3) is 0.222. The third-order valence-electron chi connectivity index (χ3n) is 3.90. The first-order valence-corrected chi connectivity index (χ1v) is 7.44. The number of hydrogen-bond donors (Lipinski definition) is 1. The molecule has 2 aromatic rings. The van der Waals surface area contributed by atoms with Crippen molar-refractivity contribution in [2.24, 2.45) is 0 Å². The third-order valence-corrected chi connectivity index (χ3v) is 3.90. The van der Waals surface area contributed by atoms with E-state index in [0.717, 1.165) is 11.4 Å². The zero-order chi connectivity index (χ0) is 16.4. The van der Waals surface area contributed by atoms with Gasteiger partial charge in [-0.3, -0.25) is 9.59 Å². The van der Waals surface area contributed by atoms with Crippen LogP contribution in [0.3, 0.4) is 0 Å². The summed E-state index contributed by atoms with van der Waals surface area (Å²) in [6.07, 6.45) is 0. The van der Waals surface area contributed by atoms with E-state index in [9.17, 15) is 9.59 Å². The molecule has 1 aliphatic heterocycles. The van der Waals surface area contributed by atoms with E-state index in [4.69, 9.17) is 4.74 Å². The number of nitrogens with one attached hydrogen (secondary N) is 1. The Hall–Kier alpha value is -2.82. The van der Waals surface area contributed by atoms with E-state index in [0.29, 0.717) is 11.3 Å². The fourth-order valence-corrected chi connectivity index (χ4v) is 2.67. The van der Waals surface area contributed by atoms with Crippen LogP contribution in [0.4, 0.5) is 11.4 Å². The van der Waals surface area contributed by atoms with Crippen molar-refractivity contribution in [2.45, 2.75) is 13.0 Å². The molecule has 1 atom stereocenters. The van der Waals surface area contributed by atoms with Gasteiger partial charge in [-0.05, 0) is 31.2 Å². The second kappa shape index (κ2) is 6.12. The summed E-state index contributed by atoms with van der Waals surface area (Å²) in [6, 6.07) is 14.1. The van der Waals surface area contributed by atoms with Crippen LogP contribution in [0.2, 0.25) is 0 Å². The maximum absolute atomic E-state index is 12.6. The molecule has 2 aromatic carbocycles. The largest absolute Gasteiger partial charge is 0.497 e. The Morgan fingerprint density at radius 1 is 1.22 bits per heavy atom. The van der Waals surface area contributed by atoms with Crippen molar-refractivity contribution in [2.75, 3.05) is 23.9 Å². The Kier molecular flexibility index (Phi) is 4.02. The number of carbonyl (C=O) groups excluding carboxylic acids is 2. The monoisotopic (exact) mass is 310 g/mol. The van der Waals surface area contributed by atoms with Gasteiger partial charge in [-0.1, -0.05) is 24.3 Å². The summed E-state index contributed by atoms with van der Waals surface area (Å²) in [5, 5.41) is 3.15. The van der Waals surface area contributed by atoms with Crippen LogP contribution >= 0.6 is 0 Å². The van der Waals surface area contributed by atoms with E-state index >= 15 is 0 Å². The first-order valence-electron chi connectivity index (χ1n) is 7.44. The second-order valence-electron chi connectivity index (χ2n) is 5.46. The number of benzene rings is 2. The predicted octanol–water partition coefficient (Wildman–Crippen LogP) is 2.73. The first-order chi connectivity index (χ1) is 11.1. The van der Waals surface area contributed by atoms with Crippen LogP contribution in [0.15, 0.2) is 48.5 Å². The maximum Gasteiger partial charge on any atom is 0.249 e. The molecule has 3 rings (SSSR count). The Balaban J connectivity index is 1.89. The minimum atomic E-state index is -0.358. The molecule has 1 amide bonds. The Bertz CT molecular complexity index is 757. The average Bonchev–Trinajstić information content (AvgIpc) is 2.58. The summed E-state index contributed by atoms with van der Waals surface area (Å²) < 4.78 is 5.15. The molecule has 1 aliphatic rings. The van der Waals surface area contributed by atoms with Crippen molar-refractivity contribution in [3.8, 4) is 5.75 Å². The van der Waals surface area contributed by atoms with Crippen LogP contribution in [-0.4, -0.2) is 31.4 Å². The zero-order valence-corrected chi connectivity index (χ0v) is 13.1. The Labute approximate surface area is 134 Å². The van der Waals surface area contributed by atoms with Gasteiger partial charge in [0, 0.05) is 5.56 Å². The zero-order valence-electron chi connectivity index (χ0n) is 13.1. The fourth-order valence-electron chi connectivity index (χ4n) is 2.67. The minimum absolute atomic E-state index is 0.00896. The lowest BCUT2D eigenvalue weighted by atomic mass is 10.1. The van der Waals surface area contributed by atoms with Crippen LogP contribution in [0.25, 0.3) is 0 Å². The third kappa shape index (κ3) is 2.90. The van der Waals surface area contributed by atoms with E-state index in [-0.39, 0.29) is 24.3 Å². The van der Waals surface area contributed by atoms with Crippen molar-refractivity contribution >= 4 is 23.1 Å². The van der Waals surface area contributed by atoms with Crippen LogP contribution in [0, 0.1) is 0 Å². The molecule has 118 valence electrons. The molecule has 0 saturated heterocycles.